The summed E-state index contributed by atoms with van der Waals surface area (Å²) in [5.41, 5.74) is 6.06. The maximum absolute atomic E-state index is 5.97. The lowest BCUT2D eigenvalue weighted by Gasteiger charge is -2.06. The number of hydrogen-bond acceptors (Lipinski definition) is 3. The maximum Gasteiger partial charge on any atom is 0.0738 e. The topological polar surface area (TPSA) is 37.3 Å². The Morgan fingerprint density at radius 1 is 1.37 bits per heavy atom. The standard InChI is InChI=1S/C15H18ClN3/c1-3-4-5-11(2)18-19-14-8-9-17-15-10-12(16)6-7-13(14)15/h6-10H,3-5H2,1-2H3,(H,17,19)/b18-11-. The quantitative estimate of drug-likeness (QED) is 0.624. The van der Waals surface area contributed by atoms with Gasteiger partial charge < -0.3 is 0 Å². The second kappa shape index (κ2) is 6.53. The minimum atomic E-state index is 0.694. The second-order valence-electron chi connectivity index (χ2n) is 4.58. The average molecular weight is 276 g/mol. The third-order valence-electron chi connectivity index (χ3n) is 2.96. The number of halogens is 1. The number of nitrogens with one attached hydrogen (secondary N) is 1. The van der Waals surface area contributed by atoms with Crippen molar-refractivity contribution in [3.63, 3.8) is 0 Å². The second-order valence-corrected chi connectivity index (χ2v) is 5.02. The first-order valence-corrected chi connectivity index (χ1v) is 6.92. The summed E-state index contributed by atoms with van der Waals surface area (Å²) in [6.07, 6.45) is 5.14. The first-order valence-electron chi connectivity index (χ1n) is 6.54. The summed E-state index contributed by atoms with van der Waals surface area (Å²) in [7, 11) is 0. The fourth-order valence-electron chi connectivity index (χ4n) is 1.86. The lowest BCUT2D eigenvalue weighted by atomic mass is 10.2. The molecule has 0 saturated carbocycles. The zero-order chi connectivity index (χ0) is 13.7. The number of rotatable bonds is 5. The molecule has 0 spiro atoms. The number of pyridine rings is 1. The van der Waals surface area contributed by atoms with E-state index in [1.165, 1.54) is 12.8 Å². The van der Waals surface area contributed by atoms with Crippen LogP contribution in [0.15, 0.2) is 35.6 Å². The Morgan fingerprint density at radius 3 is 3.00 bits per heavy atom. The number of unbranched alkanes of at least 4 members (excludes halogenated alkanes) is 1. The molecule has 4 heteroatoms. The normalized spacial score (nSPS) is 11.8. The van der Waals surface area contributed by atoms with Gasteiger partial charge in [0.1, 0.15) is 0 Å². The monoisotopic (exact) mass is 275 g/mol. The van der Waals surface area contributed by atoms with Crippen molar-refractivity contribution < 1.29 is 0 Å². The molecule has 0 saturated heterocycles. The van der Waals surface area contributed by atoms with Crippen LogP contribution in [0.25, 0.3) is 10.9 Å². The van der Waals surface area contributed by atoms with Crippen molar-refractivity contribution in [2.45, 2.75) is 33.1 Å². The smallest absolute Gasteiger partial charge is 0.0738 e. The van der Waals surface area contributed by atoms with Crippen LogP contribution in [-0.4, -0.2) is 10.7 Å². The summed E-state index contributed by atoms with van der Waals surface area (Å²) in [6.45, 7) is 4.23. The highest BCUT2D eigenvalue weighted by Crippen LogP contribution is 2.24. The Morgan fingerprint density at radius 2 is 2.21 bits per heavy atom. The Bertz CT molecular complexity index is 593. The van der Waals surface area contributed by atoms with E-state index in [0.29, 0.717) is 5.02 Å². The average Bonchev–Trinajstić information content (AvgIpc) is 2.42. The molecule has 0 aliphatic heterocycles. The van der Waals surface area contributed by atoms with Gasteiger partial charge in [-0.1, -0.05) is 24.9 Å². The maximum atomic E-state index is 5.97. The summed E-state index contributed by atoms with van der Waals surface area (Å²) >= 11 is 5.97. The highest BCUT2D eigenvalue weighted by Gasteiger charge is 2.02. The largest absolute Gasteiger partial charge is 0.278 e. The van der Waals surface area contributed by atoms with Gasteiger partial charge in [0.25, 0.3) is 0 Å². The fourth-order valence-corrected chi connectivity index (χ4v) is 2.03. The molecular weight excluding hydrogens is 258 g/mol. The molecule has 3 nitrogen and oxygen atoms in total. The molecule has 0 unspecified atom stereocenters. The van der Waals surface area contributed by atoms with Crippen molar-refractivity contribution in [2.24, 2.45) is 5.10 Å². The molecule has 0 aliphatic rings. The van der Waals surface area contributed by atoms with E-state index >= 15 is 0 Å². The van der Waals surface area contributed by atoms with Gasteiger partial charge in [-0.2, -0.15) is 5.10 Å². The molecule has 0 atom stereocenters. The van der Waals surface area contributed by atoms with E-state index in [9.17, 15) is 0 Å². The van der Waals surface area contributed by atoms with Crippen LogP contribution >= 0.6 is 11.6 Å². The van der Waals surface area contributed by atoms with Gasteiger partial charge in [0.15, 0.2) is 0 Å². The molecule has 0 radical (unpaired) electrons. The van der Waals surface area contributed by atoms with Gasteiger partial charge in [0.05, 0.1) is 11.2 Å². The summed E-state index contributed by atoms with van der Waals surface area (Å²) in [5, 5.41) is 6.13. The van der Waals surface area contributed by atoms with Crippen molar-refractivity contribution >= 4 is 33.9 Å². The van der Waals surface area contributed by atoms with E-state index in [0.717, 1.165) is 28.7 Å². The summed E-state index contributed by atoms with van der Waals surface area (Å²) < 4.78 is 0. The van der Waals surface area contributed by atoms with Crippen molar-refractivity contribution in [1.29, 1.82) is 0 Å². The van der Waals surface area contributed by atoms with Gasteiger partial charge in [0, 0.05) is 22.3 Å². The van der Waals surface area contributed by atoms with E-state index in [1.807, 2.05) is 31.2 Å². The SMILES string of the molecule is CCCC/C(C)=N\Nc1ccnc2cc(Cl)ccc12. The Kier molecular flexibility index (Phi) is 4.74. The zero-order valence-electron chi connectivity index (χ0n) is 11.3. The Balaban J connectivity index is 2.21. The summed E-state index contributed by atoms with van der Waals surface area (Å²) in [6, 6.07) is 7.61. The molecule has 1 aromatic heterocycles. The molecule has 0 amide bonds. The first-order chi connectivity index (χ1) is 9.20. The van der Waals surface area contributed by atoms with Crippen molar-refractivity contribution in [3.8, 4) is 0 Å². The van der Waals surface area contributed by atoms with Gasteiger partial charge in [-0.15, -0.1) is 0 Å². The van der Waals surface area contributed by atoms with Gasteiger partial charge in [-0.3, -0.25) is 10.4 Å². The van der Waals surface area contributed by atoms with Crippen LogP contribution in [0.1, 0.15) is 33.1 Å². The van der Waals surface area contributed by atoms with Crippen molar-refractivity contribution in [3.05, 3.63) is 35.5 Å². The predicted molar refractivity (Wildman–Crippen MR) is 83.0 cm³/mol. The Labute approximate surface area is 118 Å². The van der Waals surface area contributed by atoms with E-state index in [4.69, 9.17) is 11.6 Å². The first kappa shape index (κ1) is 13.8. The number of anilines is 1. The van der Waals surface area contributed by atoms with Gasteiger partial charge >= 0.3 is 0 Å². The van der Waals surface area contributed by atoms with Crippen LogP contribution in [0.4, 0.5) is 5.69 Å². The van der Waals surface area contributed by atoms with Crippen LogP contribution < -0.4 is 5.43 Å². The van der Waals surface area contributed by atoms with Crippen LogP contribution in [-0.2, 0) is 0 Å². The number of benzene rings is 1. The lowest BCUT2D eigenvalue weighted by Crippen LogP contribution is -1.98. The molecule has 0 fully saturated rings. The van der Waals surface area contributed by atoms with E-state index in [2.05, 4.69) is 22.4 Å². The molecule has 2 aromatic rings. The molecule has 1 heterocycles. The van der Waals surface area contributed by atoms with Crippen LogP contribution in [0.5, 0.6) is 0 Å². The lowest BCUT2D eigenvalue weighted by molar-refractivity contribution is 0.832. The molecule has 19 heavy (non-hydrogen) atoms. The van der Waals surface area contributed by atoms with Gasteiger partial charge in [-0.25, -0.2) is 0 Å². The molecule has 0 aliphatic carbocycles. The van der Waals surface area contributed by atoms with Gasteiger partial charge in [0.2, 0.25) is 0 Å². The third kappa shape index (κ3) is 3.67. The number of hydrogen-bond donors (Lipinski definition) is 1. The third-order valence-corrected chi connectivity index (χ3v) is 3.20. The highest BCUT2D eigenvalue weighted by molar-refractivity contribution is 6.31. The number of nitrogens with zero attached hydrogens (tertiary/aromatic N) is 2. The molecular formula is C15H18ClN3. The van der Waals surface area contributed by atoms with E-state index < -0.39 is 0 Å². The van der Waals surface area contributed by atoms with Crippen molar-refractivity contribution in [1.82, 2.24) is 4.98 Å². The molecule has 1 aromatic carbocycles. The molecule has 1 N–H and O–H groups in total. The summed E-state index contributed by atoms with van der Waals surface area (Å²) in [4.78, 5) is 4.31. The molecule has 100 valence electrons. The zero-order valence-corrected chi connectivity index (χ0v) is 12.0. The predicted octanol–water partition coefficient (Wildman–Crippen LogP) is 4.87. The highest BCUT2D eigenvalue weighted by atomic mass is 35.5. The van der Waals surface area contributed by atoms with Crippen LogP contribution in [0.3, 0.4) is 0 Å². The minimum absolute atomic E-state index is 0.694. The fraction of sp³-hybridized carbons (Fsp3) is 0.333. The van der Waals surface area contributed by atoms with Crippen LogP contribution in [0.2, 0.25) is 5.02 Å². The van der Waals surface area contributed by atoms with E-state index in [-0.39, 0.29) is 0 Å². The van der Waals surface area contributed by atoms with Crippen LogP contribution in [0, 0.1) is 0 Å². The number of hydrazone groups is 1. The molecule has 2 rings (SSSR count). The van der Waals surface area contributed by atoms with Gasteiger partial charge in [-0.05, 0) is 44.0 Å². The van der Waals surface area contributed by atoms with Crippen molar-refractivity contribution in [2.75, 3.05) is 5.43 Å². The summed E-state index contributed by atoms with van der Waals surface area (Å²) in [5.74, 6) is 0. The van der Waals surface area contributed by atoms with E-state index in [1.54, 1.807) is 6.20 Å². The Hall–Kier alpha value is -1.61. The number of aromatic nitrogens is 1. The minimum Gasteiger partial charge on any atom is -0.278 e. The molecule has 0 bridgehead atoms. The number of fused-ring (bicyclic) bond motifs is 1.